The molecule has 1 heterocycles. The fourth-order valence-corrected chi connectivity index (χ4v) is 3.48. The first-order valence-electron chi connectivity index (χ1n) is 7.05. The molecule has 19 heavy (non-hydrogen) atoms. The molecule has 3 nitrogen and oxygen atoms in total. The Kier molecular flexibility index (Phi) is 2.71. The van der Waals surface area contributed by atoms with Gasteiger partial charge in [0.1, 0.15) is 0 Å². The van der Waals surface area contributed by atoms with E-state index in [0.29, 0.717) is 24.5 Å². The number of aliphatic hydroxyl groups excluding tert-OH is 1. The Hall–Kier alpha value is -0.870. The van der Waals surface area contributed by atoms with Crippen LogP contribution in [-0.2, 0) is 0 Å². The first-order valence-corrected chi connectivity index (χ1v) is 7.84. The van der Waals surface area contributed by atoms with Crippen LogP contribution in [0.3, 0.4) is 0 Å². The number of aromatic nitrogens is 2. The lowest BCUT2D eigenvalue weighted by molar-refractivity contribution is 0.108. The molecule has 0 amide bonds. The lowest BCUT2D eigenvalue weighted by atomic mass is 9.81. The Morgan fingerprint density at radius 3 is 2.79 bits per heavy atom. The molecule has 1 N–H and O–H groups in total. The molecule has 0 spiro atoms. The summed E-state index contributed by atoms with van der Waals surface area (Å²) in [6.07, 6.45) is 4.69. The maximum atomic E-state index is 9.17. The average molecular weight is 321 g/mol. The standard InChI is InChI=1S/C15H17BrN2O/c16-11-3-4-14-13(7-11)15(10-1-2-10)17-18(14)12-5-9(6-12)8-19/h3-4,7,9-10,12,19H,1-2,5-6,8H2. The van der Waals surface area contributed by atoms with Gasteiger partial charge in [0.2, 0.25) is 0 Å². The smallest absolute Gasteiger partial charge is 0.0734 e. The topological polar surface area (TPSA) is 38.0 Å². The average Bonchev–Trinajstić information content (AvgIpc) is 3.12. The van der Waals surface area contributed by atoms with Gasteiger partial charge in [0.05, 0.1) is 17.3 Å². The molecule has 0 radical (unpaired) electrons. The summed E-state index contributed by atoms with van der Waals surface area (Å²) < 4.78 is 3.34. The van der Waals surface area contributed by atoms with Gasteiger partial charge in [-0.1, -0.05) is 15.9 Å². The summed E-state index contributed by atoms with van der Waals surface area (Å²) in [6, 6.07) is 6.95. The van der Waals surface area contributed by atoms with Crippen molar-refractivity contribution in [3.8, 4) is 0 Å². The fraction of sp³-hybridized carbons (Fsp3) is 0.533. The van der Waals surface area contributed by atoms with E-state index in [1.54, 1.807) is 0 Å². The van der Waals surface area contributed by atoms with Crippen molar-refractivity contribution in [1.82, 2.24) is 9.78 Å². The SMILES string of the molecule is OCC1CC(n2nc(C3CC3)c3cc(Br)ccc32)C1. The summed E-state index contributed by atoms with van der Waals surface area (Å²) in [6.45, 7) is 0.316. The molecule has 2 aromatic rings. The van der Waals surface area contributed by atoms with Crippen molar-refractivity contribution in [1.29, 1.82) is 0 Å². The second-order valence-corrected chi connectivity index (χ2v) is 6.86. The summed E-state index contributed by atoms with van der Waals surface area (Å²) in [5, 5.41) is 15.4. The molecule has 2 saturated carbocycles. The molecule has 0 saturated heterocycles. The molecule has 4 rings (SSSR count). The Morgan fingerprint density at radius 1 is 1.32 bits per heavy atom. The van der Waals surface area contributed by atoms with E-state index >= 15 is 0 Å². The number of fused-ring (bicyclic) bond motifs is 1. The van der Waals surface area contributed by atoms with Crippen LogP contribution in [0.2, 0.25) is 0 Å². The van der Waals surface area contributed by atoms with Crippen LogP contribution in [0.4, 0.5) is 0 Å². The van der Waals surface area contributed by atoms with E-state index in [1.165, 1.54) is 29.4 Å². The molecule has 2 fully saturated rings. The third-order valence-corrected chi connectivity index (χ3v) is 4.97. The lowest BCUT2D eigenvalue weighted by Gasteiger charge is -2.34. The number of rotatable bonds is 3. The highest BCUT2D eigenvalue weighted by Gasteiger charge is 2.34. The van der Waals surface area contributed by atoms with Crippen LogP contribution >= 0.6 is 15.9 Å². The van der Waals surface area contributed by atoms with Gasteiger partial charge in [-0.05, 0) is 49.8 Å². The normalized spacial score (nSPS) is 26.6. The van der Waals surface area contributed by atoms with Crippen LogP contribution in [0.15, 0.2) is 22.7 Å². The van der Waals surface area contributed by atoms with Crippen molar-refractivity contribution < 1.29 is 5.11 Å². The molecular formula is C15H17BrN2O. The molecule has 1 aromatic carbocycles. The van der Waals surface area contributed by atoms with Gasteiger partial charge in [-0.3, -0.25) is 4.68 Å². The van der Waals surface area contributed by atoms with Gasteiger partial charge in [0, 0.05) is 22.4 Å². The van der Waals surface area contributed by atoms with E-state index in [1.807, 2.05) is 0 Å². The van der Waals surface area contributed by atoms with Crippen LogP contribution in [0.5, 0.6) is 0 Å². The summed E-state index contributed by atoms with van der Waals surface area (Å²) >= 11 is 3.56. The number of hydrogen-bond acceptors (Lipinski definition) is 2. The van der Waals surface area contributed by atoms with Gasteiger partial charge in [0.15, 0.2) is 0 Å². The maximum Gasteiger partial charge on any atom is 0.0734 e. The predicted molar refractivity (Wildman–Crippen MR) is 78.3 cm³/mol. The van der Waals surface area contributed by atoms with E-state index in [2.05, 4.69) is 38.8 Å². The zero-order chi connectivity index (χ0) is 13.0. The minimum absolute atomic E-state index is 0.316. The minimum Gasteiger partial charge on any atom is -0.396 e. The van der Waals surface area contributed by atoms with Gasteiger partial charge in [-0.15, -0.1) is 0 Å². The van der Waals surface area contributed by atoms with E-state index in [-0.39, 0.29) is 0 Å². The predicted octanol–water partition coefficient (Wildman–Crippen LogP) is 3.62. The Labute approximate surface area is 120 Å². The Morgan fingerprint density at radius 2 is 2.11 bits per heavy atom. The zero-order valence-corrected chi connectivity index (χ0v) is 12.3. The number of halogens is 1. The van der Waals surface area contributed by atoms with Crippen molar-refractivity contribution in [3.63, 3.8) is 0 Å². The summed E-state index contributed by atoms with van der Waals surface area (Å²) in [5.41, 5.74) is 2.54. The number of benzene rings is 1. The van der Waals surface area contributed by atoms with E-state index in [4.69, 9.17) is 10.2 Å². The first-order chi connectivity index (χ1) is 9.26. The van der Waals surface area contributed by atoms with E-state index in [9.17, 15) is 0 Å². The molecule has 0 atom stereocenters. The fourth-order valence-electron chi connectivity index (χ4n) is 3.12. The third kappa shape index (κ3) is 1.93. The monoisotopic (exact) mass is 320 g/mol. The molecule has 1 aromatic heterocycles. The molecule has 0 aliphatic heterocycles. The zero-order valence-electron chi connectivity index (χ0n) is 10.7. The summed E-state index contributed by atoms with van der Waals surface area (Å²) in [7, 11) is 0. The van der Waals surface area contributed by atoms with Gasteiger partial charge in [-0.2, -0.15) is 5.10 Å². The highest BCUT2D eigenvalue weighted by molar-refractivity contribution is 9.10. The highest BCUT2D eigenvalue weighted by atomic mass is 79.9. The second kappa shape index (κ2) is 4.32. The van der Waals surface area contributed by atoms with Gasteiger partial charge in [0.25, 0.3) is 0 Å². The quantitative estimate of drug-likeness (QED) is 0.938. The van der Waals surface area contributed by atoms with Crippen LogP contribution in [0, 0.1) is 5.92 Å². The Balaban J connectivity index is 1.78. The van der Waals surface area contributed by atoms with Crippen LogP contribution < -0.4 is 0 Å². The van der Waals surface area contributed by atoms with Crippen molar-refractivity contribution in [3.05, 3.63) is 28.4 Å². The number of aliphatic hydroxyl groups is 1. The highest BCUT2D eigenvalue weighted by Crippen LogP contribution is 2.45. The molecule has 0 bridgehead atoms. The van der Waals surface area contributed by atoms with Crippen LogP contribution in [0.25, 0.3) is 10.9 Å². The van der Waals surface area contributed by atoms with Gasteiger partial charge in [-0.25, -0.2) is 0 Å². The molecule has 100 valence electrons. The lowest BCUT2D eigenvalue weighted by Crippen LogP contribution is -2.29. The minimum atomic E-state index is 0.316. The Bertz CT molecular complexity index is 626. The van der Waals surface area contributed by atoms with Gasteiger partial charge >= 0.3 is 0 Å². The van der Waals surface area contributed by atoms with Crippen molar-refractivity contribution >= 4 is 26.8 Å². The van der Waals surface area contributed by atoms with Crippen molar-refractivity contribution in [2.75, 3.05) is 6.61 Å². The third-order valence-electron chi connectivity index (χ3n) is 4.48. The van der Waals surface area contributed by atoms with Crippen LogP contribution in [0.1, 0.15) is 43.3 Å². The summed E-state index contributed by atoms with van der Waals surface area (Å²) in [4.78, 5) is 0. The maximum absolute atomic E-state index is 9.17. The number of nitrogens with zero attached hydrogens (tertiary/aromatic N) is 2. The largest absolute Gasteiger partial charge is 0.396 e. The van der Waals surface area contributed by atoms with Crippen LogP contribution in [-0.4, -0.2) is 21.5 Å². The van der Waals surface area contributed by atoms with Crippen molar-refractivity contribution in [2.45, 2.75) is 37.6 Å². The van der Waals surface area contributed by atoms with Crippen molar-refractivity contribution in [2.24, 2.45) is 5.92 Å². The molecule has 4 heteroatoms. The van der Waals surface area contributed by atoms with E-state index < -0.39 is 0 Å². The first kappa shape index (κ1) is 11.9. The second-order valence-electron chi connectivity index (χ2n) is 5.94. The molecular weight excluding hydrogens is 304 g/mol. The molecule has 2 aliphatic rings. The molecule has 0 unspecified atom stereocenters. The number of hydrogen-bond donors (Lipinski definition) is 1. The summed E-state index contributed by atoms with van der Waals surface area (Å²) in [5.74, 6) is 1.15. The van der Waals surface area contributed by atoms with Gasteiger partial charge < -0.3 is 5.11 Å². The molecule has 2 aliphatic carbocycles. The van der Waals surface area contributed by atoms with E-state index in [0.717, 1.165) is 17.3 Å².